The molecule has 37 heavy (non-hydrogen) atoms. The van der Waals surface area contributed by atoms with Gasteiger partial charge in [0.15, 0.2) is 0 Å². The first-order valence-electron chi connectivity index (χ1n) is 12.2. The molecule has 0 saturated carbocycles. The monoisotopic (exact) mass is 494 g/mol. The average molecular weight is 495 g/mol. The molecule has 3 heterocycles. The van der Waals surface area contributed by atoms with Gasteiger partial charge >= 0.3 is 0 Å². The minimum absolute atomic E-state index is 0.264. The third-order valence-corrected chi connectivity index (χ3v) is 7.31. The number of halogens is 1. The first-order chi connectivity index (χ1) is 17.9. The quantitative estimate of drug-likeness (QED) is 0.258. The molecule has 0 bridgehead atoms. The summed E-state index contributed by atoms with van der Waals surface area (Å²) < 4.78 is 22.1. The second-order valence-corrected chi connectivity index (χ2v) is 9.36. The van der Waals surface area contributed by atoms with Gasteiger partial charge in [-0.05, 0) is 73.5 Å². The largest absolute Gasteiger partial charge is 0.455 e. The summed E-state index contributed by atoms with van der Waals surface area (Å²) in [5, 5.41) is 10.2. The van der Waals surface area contributed by atoms with Crippen molar-refractivity contribution in [1.82, 2.24) is 9.88 Å². The highest BCUT2D eigenvalue weighted by Gasteiger charge is 2.24. The van der Waals surface area contributed by atoms with Crippen molar-refractivity contribution in [2.45, 2.75) is 20.5 Å². The number of aromatic nitrogens is 1. The molecule has 0 atom stereocenters. The van der Waals surface area contributed by atoms with Gasteiger partial charge in [-0.15, -0.1) is 0 Å². The molecule has 0 unspecified atom stereocenters. The van der Waals surface area contributed by atoms with Crippen molar-refractivity contribution >= 4 is 28.3 Å². The van der Waals surface area contributed by atoms with Gasteiger partial charge in [-0.1, -0.05) is 6.07 Å². The molecule has 0 spiro atoms. The van der Waals surface area contributed by atoms with Crippen LogP contribution >= 0.6 is 0 Å². The van der Waals surface area contributed by atoms with Crippen molar-refractivity contribution in [3.05, 3.63) is 83.3 Å². The van der Waals surface area contributed by atoms with E-state index in [-0.39, 0.29) is 11.7 Å². The van der Waals surface area contributed by atoms with E-state index in [4.69, 9.17) is 4.42 Å². The van der Waals surface area contributed by atoms with Gasteiger partial charge in [0, 0.05) is 59.3 Å². The molecule has 0 aliphatic carbocycles. The van der Waals surface area contributed by atoms with Crippen LogP contribution in [0, 0.1) is 19.7 Å². The van der Waals surface area contributed by atoms with Crippen LogP contribution < -0.4 is 16.0 Å². The predicted molar refractivity (Wildman–Crippen MR) is 147 cm³/mol. The molecule has 6 rings (SSSR count). The van der Waals surface area contributed by atoms with Crippen LogP contribution in [-0.2, 0) is 6.67 Å². The summed E-state index contributed by atoms with van der Waals surface area (Å²) >= 11 is 0. The van der Waals surface area contributed by atoms with Gasteiger partial charge in [0.1, 0.15) is 17.2 Å². The standard InChI is InChI=1S/C30H27FN4O2/c1-16-11-26-22-12-19(7-10-24(22)34-15-35(26)17(16)2)21-13-23-27(14-25(21)32-3)37-29(28(23)30(36)33-4)18-5-8-20(31)9-6-18/h5-14,32,34H,15H2,1-4H3,(H,33,36). The number of hydrogen-bond acceptors (Lipinski definition) is 4. The normalized spacial score (nSPS) is 12.1. The molecule has 3 N–H and O–H groups in total. The Bertz CT molecular complexity index is 1700. The molecular formula is C30H27FN4O2. The van der Waals surface area contributed by atoms with Crippen LogP contribution in [0.3, 0.4) is 0 Å². The Balaban J connectivity index is 1.57. The number of furan rings is 1. The van der Waals surface area contributed by atoms with Crippen molar-refractivity contribution in [3.63, 3.8) is 0 Å². The van der Waals surface area contributed by atoms with Gasteiger partial charge in [0.25, 0.3) is 5.91 Å². The molecule has 1 aliphatic rings. The number of nitrogens with one attached hydrogen (secondary N) is 3. The van der Waals surface area contributed by atoms with Gasteiger partial charge in [-0.3, -0.25) is 4.79 Å². The molecule has 6 nitrogen and oxygen atoms in total. The summed E-state index contributed by atoms with van der Waals surface area (Å²) in [5.74, 6) is -0.203. The van der Waals surface area contributed by atoms with E-state index in [0.29, 0.717) is 27.9 Å². The van der Waals surface area contributed by atoms with E-state index < -0.39 is 0 Å². The lowest BCUT2D eigenvalue weighted by Gasteiger charge is -2.23. The van der Waals surface area contributed by atoms with E-state index in [1.165, 1.54) is 29.1 Å². The van der Waals surface area contributed by atoms with Crippen LogP contribution in [0.15, 0.2) is 65.1 Å². The van der Waals surface area contributed by atoms with Crippen LogP contribution in [0.5, 0.6) is 0 Å². The van der Waals surface area contributed by atoms with Crippen molar-refractivity contribution < 1.29 is 13.6 Å². The Morgan fingerprint density at radius 2 is 1.73 bits per heavy atom. The smallest absolute Gasteiger partial charge is 0.255 e. The number of rotatable bonds is 4. The fourth-order valence-corrected chi connectivity index (χ4v) is 5.19. The fourth-order valence-electron chi connectivity index (χ4n) is 5.19. The zero-order valence-electron chi connectivity index (χ0n) is 21.1. The first-order valence-corrected chi connectivity index (χ1v) is 12.2. The highest BCUT2D eigenvalue weighted by Crippen LogP contribution is 2.42. The molecule has 0 fully saturated rings. The van der Waals surface area contributed by atoms with E-state index in [9.17, 15) is 9.18 Å². The van der Waals surface area contributed by atoms with Crippen molar-refractivity contribution in [3.8, 4) is 33.7 Å². The summed E-state index contributed by atoms with van der Waals surface area (Å²) in [5.41, 5.74) is 10.4. The SMILES string of the molecule is CNC(=O)c1c(-c2ccc(F)cc2)oc2cc(NC)c(-c3ccc4c(c3)-c3cc(C)c(C)n3CN4)cc12. The minimum Gasteiger partial charge on any atom is -0.455 e. The van der Waals surface area contributed by atoms with Crippen LogP contribution in [0.4, 0.5) is 15.8 Å². The highest BCUT2D eigenvalue weighted by atomic mass is 19.1. The fraction of sp³-hybridized carbons (Fsp3) is 0.167. The predicted octanol–water partition coefficient (Wildman–Crippen LogP) is 6.78. The maximum absolute atomic E-state index is 13.6. The summed E-state index contributed by atoms with van der Waals surface area (Å²) in [4.78, 5) is 13.0. The van der Waals surface area contributed by atoms with Gasteiger partial charge in [-0.2, -0.15) is 0 Å². The third kappa shape index (κ3) is 3.57. The van der Waals surface area contributed by atoms with Crippen molar-refractivity contribution in [2.75, 3.05) is 24.7 Å². The number of amides is 1. The molecule has 0 radical (unpaired) electrons. The Morgan fingerprint density at radius 1 is 0.973 bits per heavy atom. The number of aryl methyl sites for hydroxylation is 1. The van der Waals surface area contributed by atoms with Gasteiger partial charge in [-0.25, -0.2) is 4.39 Å². The zero-order valence-corrected chi connectivity index (χ0v) is 21.1. The lowest BCUT2D eigenvalue weighted by atomic mass is 9.95. The summed E-state index contributed by atoms with van der Waals surface area (Å²) in [6, 6.07) is 18.5. The van der Waals surface area contributed by atoms with Crippen molar-refractivity contribution in [1.29, 1.82) is 0 Å². The molecule has 5 aromatic rings. The molecule has 3 aromatic carbocycles. The highest BCUT2D eigenvalue weighted by molar-refractivity contribution is 6.13. The lowest BCUT2D eigenvalue weighted by molar-refractivity contribution is 0.0964. The number of carbonyl (C=O) groups is 1. The molecule has 0 saturated heterocycles. The summed E-state index contributed by atoms with van der Waals surface area (Å²) in [6.45, 7) is 5.02. The van der Waals surface area contributed by atoms with E-state index in [1.54, 1.807) is 19.2 Å². The Kier molecular flexibility index (Phi) is 5.30. The molecule has 186 valence electrons. The number of carbonyl (C=O) groups excluding carboxylic acids is 1. The molecule has 2 aromatic heterocycles. The number of nitrogens with zero attached hydrogens (tertiary/aromatic N) is 1. The topological polar surface area (TPSA) is 71.2 Å². The Labute approximate surface area is 214 Å². The minimum atomic E-state index is -0.348. The van der Waals surface area contributed by atoms with E-state index in [1.807, 2.05) is 19.2 Å². The molecular weight excluding hydrogens is 467 g/mol. The Morgan fingerprint density at radius 3 is 2.46 bits per heavy atom. The number of benzene rings is 3. The molecule has 7 heteroatoms. The Hall–Kier alpha value is -4.52. The van der Waals surface area contributed by atoms with Crippen LogP contribution in [0.2, 0.25) is 0 Å². The summed E-state index contributed by atoms with van der Waals surface area (Å²) in [7, 11) is 3.46. The zero-order chi connectivity index (χ0) is 25.8. The molecule has 1 aliphatic heterocycles. The van der Waals surface area contributed by atoms with E-state index in [0.717, 1.165) is 34.7 Å². The summed E-state index contributed by atoms with van der Waals surface area (Å²) in [6.07, 6.45) is 0. The average Bonchev–Trinajstić information content (AvgIpc) is 3.44. The van der Waals surface area contributed by atoms with Crippen LogP contribution in [-0.4, -0.2) is 24.6 Å². The van der Waals surface area contributed by atoms with Crippen LogP contribution in [0.1, 0.15) is 21.6 Å². The number of anilines is 2. The van der Waals surface area contributed by atoms with Crippen LogP contribution in [0.25, 0.3) is 44.7 Å². The second-order valence-electron chi connectivity index (χ2n) is 9.36. The maximum atomic E-state index is 13.6. The van der Waals surface area contributed by atoms with Gasteiger partial charge in [0.05, 0.1) is 17.9 Å². The van der Waals surface area contributed by atoms with Gasteiger partial charge < -0.3 is 24.9 Å². The van der Waals surface area contributed by atoms with Crippen molar-refractivity contribution in [2.24, 2.45) is 0 Å². The number of fused-ring (bicyclic) bond motifs is 4. The van der Waals surface area contributed by atoms with E-state index >= 15 is 0 Å². The maximum Gasteiger partial charge on any atom is 0.255 e. The first kappa shape index (κ1) is 22.9. The molecule has 1 amide bonds. The third-order valence-electron chi connectivity index (χ3n) is 7.31. The number of hydrogen-bond donors (Lipinski definition) is 3. The van der Waals surface area contributed by atoms with E-state index in [2.05, 4.69) is 58.6 Å². The lowest BCUT2D eigenvalue weighted by Crippen LogP contribution is -2.18. The van der Waals surface area contributed by atoms with Gasteiger partial charge in [0.2, 0.25) is 0 Å². The second kappa shape index (κ2) is 8.55.